The molecule has 20 heavy (non-hydrogen) atoms. The lowest BCUT2D eigenvalue weighted by atomic mass is 10.1. The third-order valence-electron chi connectivity index (χ3n) is 3.96. The molecule has 1 aromatic heterocycles. The molecule has 0 spiro atoms. The van der Waals surface area contributed by atoms with Crippen molar-refractivity contribution in [2.24, 2.45) is 0 Å². The highest BCUT2D eigenvalue weighted by Crippen LogP contribution is 2.21. The molecule has 2 aromatic rings. The maximum absolute atomic E-state index is 5.47. The summed E-state index contributed by atoms with van der Waals surface area (Å²) in [6.45, 7) is 3.20. The van der Waals surface area contributed by atoms with Gasteiger partial charge in [0, 0.05) is 25.8 Å². The second-order valence-corrected chi connectivity index (χ2v) is 5.41. The number of nitrogens with zero attached hydrogens (tertiary/aromatic N) is 1. The fraction of sp³-hybridized carbons (Fsp3) is 0.412. The molecular weight excluding hydrogens is 250 g/mol. The molecule has 3 heteroatoms. The van der Waals surface area contributed by atoms with Crippen LogP contribution in [0.3, 0.4) is 0 Å². The summed E-state index contributed by atoms with van der Waals surface area (Å²) >= 11 is 0. The Labute approximate surface area is 120 Å². The third-order valence-corrected chi connectivity index (χ3v) is 3.96. The second-order valence-electron chi connectivity index (χ2n) is 5.41. The highest BCUT2D eigenvalue weighted by molar-refractivity contribution is 5.57. The molecule has 3 rings (SSSR count). The highest BCUT2D eigenvalue weighted by Gasteiger charge is 2.19. The molecule has 2 heterocycles. The number of rotatable bonds is 4. The molecule has 1 aromatic carbocycles. The predicted molar refractivity (Wildman–Crippen MR) is 79.5 cm³/mol. The van der Waals surface area contributed by atoms with Crippen molar-refractivity contribution in [2.75, 3.05) is 20.2 Å². The molecule has 0 radical (unpaired) electrons. The quantitative estimate of drug-likeness (QED) is 0.850. The smallest absolute Gasteiger partial charge is 0.133 e. The van der Waals surface area contributed by atoms with Gasteiger partial charge >= 0.3 is 0 Å². The van der Waals surface area contributed by atoms with Crippen LogP contribution < -0.4 is 0 Å². The molecule has 1 aliphatic rings. The van der Waals surface area contributed by atoms with Crippen LogP contribution in [0.1, 0.15) is 18.4 Å². The standard InChI is InChI=1S/C17H21NO2/c1-19-16-4-2-10-18(13-16)12-14-6-8-15(9-7-14)17-5-3-11-20-17/h3,5-9,11,16H,2,4,10,12-13H2,1H3. The summed E-state index contributed by atoms with van der Waals surface area (Å²) in [7, 11) is 1.81. The van der Waals surface area contributed by atoms with Crippen molar-refractivity contribution in [1.82, 2.24) is 4.90 Å². The summed E-state index contributed by atoms with van der Waals surface area (Å²) in [5, 5.41) is 0. The van der Waals surface area contributed by atoms with Crippen LogP contribution in [0.2, 0.25) is 0 Å². The SMILES string of the molecule is COC1CCCN(Cc2ccc(-c3ccco3)cc2)C1. The lowest BCUT2D eigenvalue weighted by Crippen LogP contribution is -2.38. The largest absolute Gasteiger partial charge is 0.464 e. The minimum absolute atomic E-state index is 0.395. The second kappa shape index (κ2) is 6.25. The Bertz CT molecular complexity index is 518. The van der Waals surface area contributed by atoms with Gasteiger partial charge in [0.15, 0.2) is 0 Å². The minimum Gasteiger partial charge on any atom is -0.464 e. The van der Waals surface area contributed by atoms with Crippen molar-refractivity contribution < 1.29 is 9.15 Å². The molecule has 1 saturated heterocycles. The van der Waals surface area contributed by atoms with Gasteiger partial charge in [-0.15, -0.1) is 0 Å². The van der Waals surface area contributed by atoms with Gasteiger partial charge in [-0.2, -0.15) is 0 Å². The van der Waals surface area contributed by atoms with E-state index in [0.717, 1.165) is 24.4 Å². The topological polar surface area (TPSA) is 25.6 Å². The van der Waals surface area contributed by atoms with Crippen molar-refractivity contribution >= 4 is 0 Å². The van der Waals surface area contributed by atoms with Gasteiger partial charge in [-0.1, -0.05) is 24.3 Å². The number of furan rings is 1. The summed E-state index contributed by atoms with van der Waals surface area (Å²) in [4.78, 5) is 2.47. The Morgan fingerprint density at radius 2 is 2.10 bits per heavy atom. The zero-order valence-corrected chi connectivity index (χ0v) is 11.9. The average Bonchev–Trinajstić information content (AvgIpc) is 3.02. The van der Waals surface area contributed by atoms with Crippen molar-refractivity contribution in [1.29, 1.82) is 0 Å². The number of piperidine rings is 1. The third kappa shape index (κ3) is 3.11. The fourth-order valence-corrected chi connectivity index (χ4v) is 2.82. The normalized spacial score (nSPS) is 20.1. The van der Waals surface area contributed by atoms with E-state index in [1.807, 2.05) is 19.2 Å². The van der Waals surface area contributed by atoms with Crippen LogP contribution in [0.4, 0.5) is 0 Å². The van der Waals surface area contributed by atoms with Crippen LogP contribution >= 0.6 is 0 Å². The molecule has 106 valence electrons. The summed E-state index contributed by atoms with van der Waals surface area (Å²) in [5.74, 6) is 0.925. The molecule has 1 aliphatic heterocycles. The Hall–Kier alpha value is -1.58. The van der Waals surface area contributed by atoms with Gasteiger partial charge in [0.2, 0.25) is 0 Å². The van der Waals surface area contributed by atoms with Gasteiger partial charge in [-0.25, -0.2) is 0 Å². The molecule has 0 bridgehead atoms. The number of benzene rings is 1. The molecule has 0 amide bonds. The van der Waals surface area contributed by atoms with Crippen LogP contribution in [0.5, 0.6) is 0 Å². The maximum atomic E-state index is 5.47. The minimum atomic E-state index is 0.395. The molecule has 1 atom stereocenters. The van der Waals surface area contributed by atoms with Crippen LogP contribution in [-0.2, 0) is 11.3 Å². The van der Waals surface area contributed by atoms with Crippen LogP contribution in [0.15, 0.2) is 47.1 Å². The Morgan fingerprint density at radius 1 is 1.25 bits per heavy atom. The zero-order valence-electron chi connectivity index (χ0n) is 11.9. The predicted octanol–water partition coefficient (Wildman–Crippen LogP) is 3.56. The molecular formula is C17H21NO2. The van der Waals surface area contributed by atoms with E-state index in [-0.39, 0.29) is 0 Å². The molecule has 1 unspecified atom stereocenters. The Morgan fingerprint density at radius 3 is 2.80 bits per heavy atom. The van der Waals surface area contributed by atoms with E-state index < -0.39 is 0 Å². The lowest BCUT2D eigenvalue weighted by Gasteiger charge is -2.31. The number of hydrogen-bond acceptors (Lipinski definition) is 3. The van der Waals surface area contributed by atoms with Gasteiger partial charge in [0.1, 0.15) is 5.76 Å². The van der Waals surface area contributed by atoms with Crippen molar-refractivity contribution in [3.63, 3.8) is 0 Å². The van der Waals surface area contributed by atoms with Gasteiger partial charge in [-0.05, 0) is 37.1 Å². The summed E-state index contributed by atoms with van der Waals surface area (Å²) in [6.07, 6.45) is 4.51. The van der Waals surface area contributed by atoms with Gasteiger partial charge in [-0.3, -0.25) is 4.90 Å². The molecule has 0 saturated carbocycles. The van der Waals surface area contributed by atoms with E-state index in [2.05, 4.69) is 29.2 Å². The van der Waals surface area contributed by atoms with Crippen LogP contribution in [0.25, 0.3) is 11.3 Å². The van der Waals surface area contributed by atoms with E-state index in [4.69, 9.17) is 9.15 Å². The van der Waals surface area contributed by atoms with Crippen molar-refractivity contribution in [3.8, 4) is 11.3 Å². The first kappa shape index (κ1) is 13.4. The van der Waals surface area contributed by atoms with E-state index in [1.54, 1.807) is 6.26 Å². The first-order valence-corrected chi connectivity index (χ1v) is 7.23. The monoisotopic (exact) mass is 271 g/mol. The summed E-state index contributed by atoms with van der Waals surface area (Å²) < 4.78 is 10.9. The highest BCUT2D eigenvalue weighted by atomic mass is 16.5. The summed E-state index contributed by atoms with van der Waals surface area (Å²) in [5.41, 5.74) is 2.48. The first-order valence-electron chi connectivity index (χ1n) is 7.23. The average molecular weight is 271 g/mol. The van der Waals surface area contributed by atoms with Gasteiger partial charge in [0.25, 0.3) is 0 Å². The van der Waals surface area contributed by atoms with Gasteiger partial charge < -0.3 is 9.15 Å². The molecule has 1 fully saturated rings. The molecule has 0 aliphatic carbocycles. The van der Waals surface area contributed by atoms with Crippen molar-refractivity contribution in [2.45, 2.75) is 25.5 Å². The summed E-state index contributed by atoms with van der Waals surface area (Å²) in [6, 6.07) is 12.5. The molecule has 3 nitrogen and oxygen atoms in total. The Balaban J connectivity index is 1.63. The maximum Gasteiger partial charge on any atom is 0.133 e. The fourth-order valence-electron chi connectivity index (χ4n) is 2.82. The van der Waals surface area contributed by atoms with Gasteiger partial charge in [0.05, 0.1) is 12.4 Å². The van der Waals surface area contributed by atoms with E-state index in [1.165, 1.54) is 24.9 Å². The number of likely N-dealkylation sites (tertiary alicyclic amines) is 1. The molecule has 0 N–H and O–H groups in total. The zero-order chi connectivity index (χ0) is 13.8. The Kier molecular flexibility index (Phi) is 4.19. The lowest BCUT2D eigenvalue weighted by molar-refractivity contribution is 0.0285. The number of hydrogen-bond donors (Lipinski definition) is 0. The van der Waals surface area contributed by atoms with Crippen LogP contribution in [-0.4, -0.2) is 31.2 Å². The van der Waals surface area contributed by atoms with E-state index in [0.29, 0.717) is 6.10 Å². The first-order chi connectivity index (χ1) is 9.85. The number of methoxy groups -OCH3 is 1. The van der Waals surface area contributed by atoms with E-state index in [9.17, 15) is 0 Å². The number of ether oxygens (including phenoxy) is 1. The van der Waals surface area contributed by atoms with E-state index >= 15 is 0 Å². The van der Waals surface area contributed by atoms with Crippen LogP contribution in [0, 0.1) is 0 Å². The van der Waals surface area contributed by atoms with Crippen molar-refractivity contribution in [3.05, 3.63) is 48.2 Å².